The quantitative estimate of drug-likeness (QED) is 0.0233. The fourth-order valence-electron chi connectivity index (χ4n) is 8.06. The molecule has 0 radical (unpaired) electrons. The molecule has 0 aromatic heterocycles. The fourth-order valence-corrected chi connectivity index (χ4v) is 8.06. The van der Waals surface area contributed by atoms with Gasteiger partial charge in [-0.15, -0.1) is 0 Å². The van der Waals surface area contributed by atoms with Crippen LogP contribution in [0.1, 0.15) is 226 Å². The second-order valence-corrected chi connectivity index (χ2v) is 18.1. The average Bonchev–Trinajstić information content (AvgIpc) is 3.27. The van der Waals surface area contributed by atoms with E-state index in [1.807, 2.05) is 6.08 Å². The molecule has 1 heterocycles. The summed E-state index contributed by atoms with van der Waals surface area (Å²) in [5.74, 6) is -0.629. The molecule has 1 fully saturated rings. The van der Waals surface area contributed by atoms with E-state index in [2.05, 4.69) is 43.5 Å². The van der Waals surface area contributed by atoms with Crippen molar-refractivity contribution in [1.29, 1.82) is 0 Å². The zero-order chi connectivity index (χ0) is 45.3. The lowest BCUT2D eigenvalue weighted by Gasteiger charge is -2.40. The Bertz CT molecular complexity index is 1080. The molecule has 0 bridgehead atoms. The normalized spacial score (nSPS) is 21.1. The maximum absolute atomic E-state index is 13.1. The van der Waals surface area contributed by atoms with Gasteiger partial charge in [-0.3, -0.25) is 4.79 Å². The molecule has 1 amide bonds. The minimum atomic E-state index is -1.62. The highest BCUT2D eigenvalue weighted by molar-refractivity contribution is 5.80. The van der Waals surface area contributed by atoms with Gasteiger partial charge >= 0.3 is 0 Å². The smallest absolute Gasteiger partial charge is 0.249 e. The van der Waals surface area contributed by atoms with Crippen LogP contribution >= 0.6 is 0 Å². The van der Waals surface area contributed by atoms with E-state index in [4.69, 9.17) is 9.47 Å². The van der Waals surface area contributed by atoms with Gasteiger partial charge in [-0.1, -0.05) is 224 Å². The Labute approximate surface area is 379 Å². The molecule has 1 aliphatic rings. The molecule has 1 saturated heterocycles. The van der Waals surface area contributed by atoms with Gasteiger partial charge in [0, 0.05) is 0 Å². The van der Waals surface area contributed by atoms with E-state index < -0.39 is 61.5 Å². The largest absolute Gasteiger partial charge is 0.394 e. The van der Waals surface area contributed by atoms with Gasteiger partial charge in [0.25, 0.3) is 0 Å². The number of carbonyl (C=O) groups is 1. The van der Waals surface area contributed by atoms with Gasteiger partial charge in [0.1, 0.15) is 30.5 Å². The monoisotopic (exact) mass is 880 g/mol. The topological polar surface area (TPSA) is 169 Å². The van der Waals surface area contributed by atoms with Crippen molar-refractivity contribution in [3.8, 4) is 0 Å². The van der Waals surface area contributed by atoms with Gasteiger partial charge in [0.15, 0.2) is 6.29 Å². The van der Waals surface area contributed by atoms with Crippen molar-refractivity contribution in [2.24, 2.45) is 0 Å². The zero-order valence-electron chi connectivity index (χ0n) is 39.7. The molecule has 8 unspecified atom stereocenters. The van der Waals surface area contributed by atoms with Crippen molar-refractivity contribution < 1.29 is 44.9 Å². The van der Waals surface area contributed by atoms with Crippen LogP contribution in [-0.2, 0) is 14.3 Å². The molecule has 62 heavy (non-hydrogen) atoms. The summed E-state index contributed by atoms with van der Waals surface area (Å²) in [6.45, 7) is 3.55. The summed E-state index contributed by atoms with van der Waals surface area (Å²) in [6.07, 6.45) is 42.6. The first-order valence-electron chi connectivity index (χ1n) is 25.8. The second kappa shape index (κ2) is 42.0. The number of rotatable bonds is 43. The fraction of sp³-hybridized carbons (Fsp3) is 0.865. The highest BCUT2D eigenvalue weighted by Gasteiger charge is 2.44. The molecular weight excluding hydrogens is 783 g/mol. The summed E-state index contributed by atoms with van der Waals surface area (Å²) >= 11 is 0. The predicted octanol–water partition coefficient (Wildman–Crippen LogP) is 10.6. The van der Waals surface area contributed by atoms with Gasteiger partial charge in [-0.2, -0.15) is 0 Å². The molecule has 364 valence electrons. The number of amides is 1. The number of allylic oxidation sites excluding steroid dienone is 5. The molecule has 0 aliphatic carbocycles. The van der Waals surface area contributed by atoms with Gasteiger partial charge < -0.3 is 45.4 Å². The van der Waals surface area contributed by atoms with Crippen molar-refractivity contribution in [3.05, 3.63) is 36.5 Å². The lowest BCUT2D eigenvalue weighted by atomic mass is 9.99. The van der Waals surface area contributed by atoms with Crippen molar-refractivity contribution >= 4 is 5.91 Å². The molecule has 0 spiro atoms. The number of unbranched alkanes of at least 4 members (excludes halogenated alkanes) is 28. The number of aliphatic hydroxyl groups is 6. The highest BCUT2D eigenvalue weighted by atomic mass is 16.7. The van der Waals surface area contributed by atoms with E-state index in [9.17, 15) is 35.4 Å². The molecular formula is C52H97NO9. The summed E-state index contributed by atoms with van der Waals surface area (Å²) in [5, 5.41) is 64.7. The van der Waals surface area contributed by atoms with Crippen LogP contribution < -0.4 is 5.32 Å². The van der Waals surface area contributed by atoms with Crippen LogP contribution in [0.2, 0.25) is 0 Å². The number of aliphatic hydroxyl groups excluding tert-OH is 6. The first kappa shape index (κ1) is 58.4. The van der Waals surface area contributed by atoms with Crippen LogP contribution in [0.4, 0.5) is 0 Å². The van der Waals surface area contributed by atoms with E-state index >= 15 is 0 Å². The van der Waals surface area contributed by atoms with Crippen molar-refractivity contribution in [2.75, 3.05) is 13.2 Å². The lowest BCUT2D eigenvalue weighted by Crippen LogP contribution is -2.60. The number of hydrogen-bond donors (Lipinski definition) is 7. The summed E-state index contributed by atoms with van der Waals surface area (Å²) in [7, 11) is 0. The number of ether oxygens (including phenoxy) is 2. The number of carbonyl (C=O) groups excluding carboxylic acids is 1. The van der Waals surface area contributed by atoms with Gasteiger partial charge in [0.05, 0.1) is 25.4 Å². The number of hydrogen-bond acceptors (Lipinski definition) is 9. The Kier molecular flexibility index (Phi) is 39.6. The summed E-state index contributed by atoms with van der Waals surface area (Å²) in [4.78, 5) is 13.1. The van der Waals surface area contributed by atoms with Crippen LogP contribution in [0.3, 0.4) is 0 Å². The Hall–Kier alpha value is -1.63. The third-order valence-electron chi connectivity index (χ3n) is 12.3. The molecule has 7 N–H and O–H groups in total. The maximum atomic E-state index is 13.1. The van der Waals surface area contributed by atoms with Crippen LogP contribution in [0, 0.1) is 0 Å². The van der Waals surface area contributed by atoms with Crippen LogP contribution in [0.25, 0.3) is 0 Å². The first-order chi connectivity index (χ1) is 30.3. The van der Waals surface area contributed by atoms with Crippen LogP contribution in [0.5, 0.6) is 0 Å². The second-order valence-electron chi connectivity index (χ2n) is 18.1. The van der Waals surface area contributed by atoms with Gasteiger partial charge in [-0.05, 0) is 38.5 Å². The van der Waals surface area contributed by atoms with Crippen molar-refractivity contribution in [2.45, 2.75) is 275 Å². The Morgan fingerprint density at radius 1 is 0.548 bits per heavy atom. The minimum Gasteiger partial charge on any atom is -0.394 e. The van der Waals surface area contributed by atoms with Crippen LogP contribution in [0.15, 0.2) is 36.5 Å². The van der Waals surface area contributed by atoms with Crippen molar-refractivity contribution in [3.63, 3.8) is 0 Å². The molecule has 0 aromatic rings. The lowest BCUT2D eigenvalue weighted by molar-refractivity contribution is -0.302. The van der Waals surface area contributed by atoms with Gasteiger partial charge in [0.2, 0.25) is 5.91 Å². The maximum Gasteiger partial charge on any atom is 0.249 e. The SMILES string of the molecule is CCCC/C=C/CC/C=C/CC/C=C/C(O)C(COC1OC(CO)C(O)C(O)C1O)NC(=O)C(O)CCCCCCCCCCCCCCCCCCCCCCCCCCC. The summed E-state index contributed by atoms with van der Waals surface area (Å²) < 4.78 is 11.1. The minimum absolute atomic E-state index is 0.304. The summed E-state index contributed by atoms with van der Waals surface area (Å²) in [5.41, 5.74) is 0. The Morgan fingerprint density at radius 2 is 0.952 bits per heavy atom. The highest BCUT2D eigenvalue weighted by Crippen LogP contribution is 2.23. The molecule has 8 atom stereocenters. The van der Waals surface area contributed by atoms with E-state index in [0.29, 0.717) is 19.3 Å². The van der Waals surface area contributed by atoms with E-state index in [1.54, 1.807) is 6.08 Å². The van der Waals surface area contributed by atoms with E-state index in [1.165, 1.54) is 148 Å². The van der Waals surface area contributed by atoms with E-state index in [0.717, 1.165) is 44.9 Å². The molecule has 0 aromatic carbocycles. The molecule has 10 nitrogen and oxygen atoms in total. The third-order valence-corrected chi connectivity index (χ3v) is 12.3. The Balaban J connectivity index is 2.26. The summed E-state index contributed by atoms with van der Waals surface area (Å²) in [6, 6.07) is -1.00. The molecule has 1 aliphatic heterocycles. The number of nitrogens with one attached hydrogen (secondary N) is 1. The van der Waals surface area contributed by atoms with Gasteiger partial charge in [-0.25, -0.2) is 0 Å². The zero-order valence-corrected chi connectivity index (χ0v) is 39.7. The van der Waals surface area contributed by atoms with Crippen LogP contribution in [-0.4, -0.2) is 98.7 Å². The average molecular weight is 880 g/mol. The molecule has 1 rings (SSSR count). The third kappa shape index (κ3) is 31.3. The van der Waals surface area contributed by atoms with Crippen molar-refractivity contribution in [1.82, 2.24) is 5.32 Å². The molecule has 10 heteroatoms. The first-order valence-corrected chi connectivity index (χ1v) is 25.8. The standard InChI is InChI=1S/C52H97NO9/c1-3-5-7-9-11-13-15-17-18-19-20-21-22-23-24-25-26-27-28-29-31-33-35-37-39-41-46(56)51(60)53-44(43-61-52-50(59)49(58)48(57)47(42-54)62-52)45(55)40-38-36-34-32-30-16-14-12-10-8-6-4-2/h10,12,30,32,38,40,44-50,52,54-59H,3-9,11,13-29,31,33-37,39,41-43H2,1-2H3,(H,53,60)/b12-10+,32-30+,40-38+. The Morgan fingerprint density at radius 3 is 1.39 bits per heavy atom. The predicted molar refractivity (Wildman–Crippen MR) is 255 cm³/mol. The van der Waals surface area contributed by atoms with E-state index in [-0.39, 0.29) is 6.61 Å². The molecule has 0 saturated carbocycles.